The lowest BCUT2D eigenvalue weighted by atomic mass is 9.98. The van der Waals surface area contributed by atoms with Gasteiger partial charge in [0.1, 0.15) is 11.4 Å². The maximum absolute atomic E-state index is 13.7. The van der Waals surface area contributed by atoms with Gasteiger partial charge in [-0.25, -0.2) is 4.39 Å². The lowest BCUT2D eigenvalue weighted by molar-refractivity contribution is 0.414. The van der Waals surface area contributed by atoms with E-state index in [1.165, 1.54) is 18.7 Å². The minimum Gasteiger partial charge on any atom is -0.494 e. The number of aryl methyl sites for hydroxylation is 2. The monoisotopic (exact) mass is 245 g/mol. The first kappa shape index (κ1) is 12.4. The van der Waals surface area contributed by atoms with E-state index in [-0.39, 0.29) is 5.69 Å². The molecule has 0 fully saturated rings. The first-order valence-electron chi connectivity index (χ1n) is 5.73. The molecule has 0 heterocycles. The number of rotatable bonds is 2. The third kappa shape index (κ3) is 2.16. The topological polar surface area (TPSA) is 35.2 Å². The summed E-state index contributed by atoms with van der Waals surface area (Å²) in [6.07, 6.45) is 0. The summed E-state index contributed by atoms with van der Waals surface area (Å²) in [7, 11) is 1.48. The number of ether oxygens (including phenoxy) is 1. The van der Waals surface area contributed by atoms with E-state index in [4.69, 9.17) is 10.5 Å². The molecule has 0 radical (unpaired) electrons. The Hall–Kier alpha value is -2.03. The molecule has 0 saturated carbocycles. The van der Waals surface area contributed by atoms with Crippen LogP contribution in [0.2, 0.25) is 0 Å². The first-order valence-corrected chi connectivity index (χ1v) is 5.73. The van der Waals surface area contributed by atoms with E-state index in [9.17, 15) is 4.39 Å². The molecule has 0 amide bonds. The van der Waals surface area contributed by atoms with Gasteiger partial charge in [-0.05, 0) is 42.7 Å². The summed E-state index contributed by atoms with van der Waals surface area (Å²) in [6.45, 7) is 4.03. The number of benzene rings is 2. The highest BCUT2D eigenvalue weighted by Gasteiger charge is 2.11. The Bertz CT molecular complexity index is 593. The molecule has 0 aliphatic rings. The van der Waals surface area contributed by atoms with Crippen molar-refractivity contribution in [1.29, 1.82) is 0 Å². The average molecular weight is 245 g/mol. The van der Waals surface area contributed by atoms with Gasteiger partial charge < -0.3 is 10.5 Å². The lowest BCUT2D eigenvalue weighted by Gasteiger charge is -2.11. The zero-order chi connectivity index (χ0) is 13.3. The van der Waals surface area contributed by atoms with Crippen LogP contribution >= 0.6 is 0 Å². The van der Waals surface area contributed by atoms with Crippen molar-refractivity contribution in [3.05, 3.63) is 47.3 Å². The smallest absolute Gasteiger partial charge is 0.150 e. The Morgan fingerprint density at radius 2 is 1.83 bits per heavy atom. The van der Waals surface area contributed by atoms with Gasteiger partial charge in [-0.1, -0.05) is 23.8 Å². The summed E-state index contributed by atoms with van der Waals surface area (Å²) in [5.74, 6) is -0.0886. The van der Waals surface area contributed by atoms with Gasteiger partial charge in [0.05, 0.1) is 7.11 Å². The minimum atomic E-state index is -0.454. The highest BCUT2D eigenvalue weighted by Crippen LogP contribution is 2.33. The standard InChI is InChI=1S/C15H16FNO/c1-9-4-5-12(10(2)6-9)11-7-13(16)15(17)14(8-11)18-3/h4-8H,17H2,1-3H3. The molecule has 2 nitrogen and oxygen atoms in total. The van der Waals surface area contributed by atoms with Gasteiger partial charge in [0.15, 0.2) is 5.82 Å². The molecule has 3 heteroatoms. The summed E-state index contributed by atoms with van der Waals surface area (Å²) in [5.41, 5.74) is 9.69. The van der Waals surface area contributed by atoms with Crippen LogP contribution in [0.4, 0.5) is 10.1 Å². The maximum atomic E-state index is 13.7. The van der Waals surface area contributed by atoms with Gasteiger partial charge in [0.25, 0.3) is 0 Å². The van der Waals surface area contributed by atoms with Gasteiger partial charge in [-0.15, -0.1) is 0 Å². The van der Waals surface area contributed by atoms with E-state index in [1.54, 1.807) is 6.07 Å². The molecule has 0 atom stereocenters. The van der Waals surface area contributed by atoms with E-state index in [2.05, 4.69) is 6.07 Å². The van der Waals surface area contributed by atoms with E-state index in [0.29, 0.717) is 5.75 Å². The molecule has 18 heavy (non-hydrogen) atoms. The SMILES string of the molecule is COc1cc(-c2ccc(C)cc2C)cc(F)c1N. The Labute approximate surface area is 106 Å². The van der Waals surface area contributed by atoms with Crippen molar-refractivity contribution in [2.24, 2.45) is 0 Å². The van der Waals surface area contributed by atoms with Crippen LogP contribution in [0.1, 0.15) is 11.1 Å². The molecular formula is C15H16FNO. The highest BCUT2D eigenvalue weighted by molar-refractivity contribution is 5.72. The van der Waals surface area contributed by atoms with Crippen molar-refractivity contribution in [2.75, 3.05) is 12.8 Å². The van der Waals surface area contributed by atoms with E-state index in [0.717, 1.165) is 16.7 Å². The van der Waals surface area contributed by atoms with Crippen LogP contribution in [0.15, 0.2) is 30.3 Å². The molecule has 2 aromatic carbocycles. The van der Waals surface area contributed by atoms with Crippen LogP contribution in [0, 0.1) is 19.7 Å². The van der Waals surface area contributed by atoms with Crippen molar-refractivity contribution in [3.63, 3.8) is 0 Å². The van der Waals surface area contributed by atoms with Crippen molar-refractivity contribution >= 4 is 5.69 Å². The number of hydrogen-bond acceptors (Lipinski definition) is 2. The number of halogens is 1. The molecule has 94 valence electrons. The molecule has 2 N–H and O–H groups in total. The van der Waals surface area contributed by atoms with Crippen LogP contribution in [-0.4, -0.2) is 7.11 Å². The lowest BCUT2D eigenvalue weighted by Crippen LogP contribution is -1.97. The molecule has 0 aliphatic carbocycles. The predicted octanol–water partition coefficient (Wildman–Crippen LogP) is 3.70. The van der Waals surface area contributed by atoms with Crippen molar-refractivity contribution in [1.82, 2.24) is 0 Å². The molecule has 0 bridgehead atoms. The largest absolute Gasteiger partial charge is 0.494 e. The molecule has 2 rings (SSSR count). The second-order valence-electron chi connectivity index (χ2n) is 4.39. The Morgan fingerprint density at radius 1 is 1.11 bits per heavy atom. The maximum Gasteiger partial charge on any atom is 0.150 e. The van der Waals surface area contributed by atoms with E-state index < -0.39 is 5.82 Å². The van der Waals surface area contributed by atoms with Crippen LogP contribution in [0.5, 0.6) is 5.75 Å². The van der Waals surface area contributed by atoms with Gasteiger partial charge in [-0.2, -0.15) is 0 Å². The summed E-state index contributed by atoms with van der Waals surface area (Å²) >= 11 is 0. The van der Waals surface area contributed by atoms with E-state index in [1.807, 2.05) is 26.0 Å². The van der Waals surface area contributed by atoms with Gasteiger partial charge in [0, 0.05) is 0 Å². The second kappa shape index (κ2) is 4.69. The number of nitrogen functional groups attached to an aromatic ring is 1. The summed E-state index contributed by atoms with van der Waals surface area (Å²) in [4.78, 5) is 0. The first-order chi connectivity index (χ1) is 8.52. The molecule has 0 aromatic heterocycles. The summed E-state index contributed by atoms with van der Waals surface area (Å²) in [6, 6.07) is 9.25. The number of nitrogens with two attached hydrogens (primary N) is 1. The fraction of sp³-hybridized carbons (Fsp3) is 0.200. The second-order valence-corrected chi connectivity index (χ2v) is 4.39. The van der Waals surface area contributed by atoms with Crippen LogP contribution < -0.4 is 10.5 Å². The predicted molar refractivity (Wildman–Crippen MR) is 72.3 cm³/mol. The summed E-state index contributed by atoms with van der Waals surface area (Å²) < 4.78 is 18.8. The van der Waals surface area contributed by atoms with Gasteiger partial charge in [-0.3, -0.25) is 0 Å². The quantitative estimate of drug-likeness (QED) is 0.819. The zero-order valence-corrected chi connectivity index (χ0v) is 10.8. The molecule has 2 aromatic rings. The van der Waals surface area contributed by atoms with Crippen LogP contribution in [-0.2, 0) is 0 Å². The fourth-order valence-electron chi connectivity index (χ4n) is 2.05. The molecule has 0 aliphatic heterocycles. The molecule has 0 saturated heterocycles. The van der Waals surface area contributed by atoms with Gasteiger partial charge >= 0.3 is 0 Å². The van der Waals surface area contributed by atoms with Crippen LogP contribution in [0.25, 0.3) is 11.1 Å². The van der Waals surface area contributed by atoms with Crippen molar-refractivity contribution in [3.8, 4) is 16.9 Å². The third-order valence-corrected chi connectivity index (χ3v) is 3.00. The Kier molecular flexibility index (Phi) is 3.24. The fourth-order valence-corrected chi connectivity index (χ4v) is 2.05. The van der Waals surface area contributed by atoms with Crippen LogP contribution in [0.3, 0.4) is 0 Å². The number of hydrogen-bond donors (Lipinski definition) is 1. The molecular weight excluding hydrogens is 229 g/mol. The van der Waals surface area contributed by atoms with Gasteiger partial charge in [0.2, 0.25) is 0 Å². The van der Waals surface area contributed by atoms with E-state index >= 15 is 0 Å². The summed E-state index contributed by atoms with van der Waals surface area (Å²) in [5, 5.41) is 0. The average Bonchev–Trinajstić information content (AvgIpc) is 2.32. The number of methoxy groups -OCH3 is 1. The van der Waals surface area contributed by atoms with Crippen molar-refractivity contribution in [2.45, 2.75) is 13.8 Å². The van der Waals surface area contributed by atoms with Crippen molar-refractivity contribution < 1.29 is 9.13 Å². The Balaban J connectivity index is 2.60. The molecule has 0 spiro atoms. The zero-order valence-electron chi connectivity index (χ0n) is 10.8. The number of anilines is 1. The normalized spacial score (nSPS) is 10.4. The minimum absolute atomic E-state index is 0.0472. The molecule has 0 unspecified atom stereocenters. The Morgan fingerprint density at radius 3 is 2.44 bits per heavy atom. The third-order valence-electron chi connectivity index (χ3n) is 3.00. The highest BCUT2D eigenvalue weighted by atomic mass is 19.1.